The van der Waals surface area contributed by atoms with Crippen LogP contribution in [-0.2, 0) is 4.74 Å². The van der Waals surface area contributed by atoms with Crippen molar-refractivity contribution in [3.05, 3.63) is 33.6 Å². The zero-order chi connectivity index (χ0) is 25.5. The second-order valence-corrected chi connectivity index (χ2v) is 12.0. The van der Waals surface area contributed by atoms with E-state index in [-0.39, 0.29) is 18.0 Å². The molecule has 0 bridgehead atoms. The lowest BCUT2D eigenvalue weighted by Crippen LogP contribution is -2.47. The zero-order valence-corrected chi connectivity index (χ0v) is 22.5. The number of thiophene rings is 1. The van der Waals surface area contributed by atoms with Crippen LogP contribution in [0, 0.1) is 13.8 Å². The molecule has 0 unspecified atom stereocenters. The molecule has 1 aliphatic rings. The smallest absolute Gasteiger partial charge is 0.407 e. The number of aromatic nitrogens is 3. The Balaban J connectivity index is 1.59. The number of aryl methyl sites for hydroxylation is 2. The van der Waals surface area contributed by atoms with Crippen LogP contribution in [0.4, 0.5) is 4.79 Å². The minimum atomic E-state index is -0.537. The van der Waals surface area contributed by atoms with E-state index in [4.69, 9.17) is 9.72 Å². The summed E-state index contributed by atoms with van der Waals surface area (Å²) in [5, 5.41) is 8.25. The highest BCUT2D eigenvalue weighted by atomic mass is 32.1. The van der Waals surface area contributed by atoms with E-state index in [1.54, 1.807) is 17.5 Å². The quantitative estimate of drug-likeness (QED) is 0.515. The molecule has 1 aliphatic heterocycles. The fourth-order valence-corrected chi connectivity index (χ4v) is 5.40. The lowest BCUT2D eigenvalue weighted by molar-refractivity contribution is 0.0474. The van der Waals surface area contributed by atoms with E-state index < -0.39 is 11.7 Å². The number of pyridine rings is 1. The Kier molecular flexibility index (Phi) is 6.90. The first kappa shape index (κ1) is 25.2. The number of amides is 2. The predicted molar refractivity (Wildman–Crippen MR) is 139 cm³/mol. The molecule has 35 heavy (non-hydrogen) atoms. The van der Waals surface area contributed by atoms with Crippen molar-refractivity contribution in [3.8, 4) is 11.3 Å². The highest BCUT2D eigenvalue weighted by molar-refractivity contribution is 7.12. The van der Waals surface area contributed by atoms with Crippen LogP contribution in [0.15, 0.2) is 18.3 Å². The summed E-state index contributed by atoms with van der Waals surface area (Å²) in [5.74, 6) is -0.0257. The van der Waals surface area contributed by atoms with Crippen molar-refractivity contribution in [1.82, 2.24) is 25.0 Å². The fourth-order valence-electron chi connectivity index (χ4n) is 4.47. The van der Waals surface area contributed by atoms with Crippen LogP contribution in [0.3, 0.4) is 0 Å². The molecule has 4 rings (SSSR count). The van der Waals surface area contributed by atoms with Gasteiger partial charge in [-0.1, -0.05) is 0 Å². The molecule has 0 radical (unpaired) electrons. The SMILES string of the molecule is Cc1cc(-c2cc(C(=O)N3CCC(NC(=O)OC(C)(C)C)CC3)c3cnn(C(C)C)c3n2)c(C)s1. The number of alkyl carbamates (subject to hydrolysis) is 1. The number of hydrogen-bond donors (Lipinski definition) is 1. The largest absolute Gasteiger partial charge is 0.444 e. The van der Waals surface area contributed by atoms with Gasteiger partial charge in [0.15, 0.2) is 5.65 Å². The van der Waals surface area contributed by atoms with E-state index in [0.717, 1.165) is 22.3 Å². The first-order valence-corrected chi connectivity index (χ1v) is 13.0. The molecule has 4 heterocycles. The van der Waals surface area contributed by atoms with E-state index in [1.165, 1.54) is 9.75 Å². The molecule has 2 amide bonds. The lowest BCUT2D eigenvalue weighted by Gasteiger charge is -2.33. The number of fused-ring (bicyclic) bond motifs is 1. The average Bonchev–Trinajstić information content (AvgIpc) is 3.34. The Morgan fingerprint density at radius 3 is 2.43 bits per heavy atom. The fraction of sp³-hybridized carbons (Fsp3) is 0.538. The number of nitrogens with one attached hydrogen (secondary N) is 1. The van der Waals surface area contributed by atoms with Gasteiger partial charge >= 0.3 is 6.09 Å². The topological polar surface area (TPSA) is 89.4 Å². The molecule has 0 atom stereocenters. The van der Waals surface area contributed by atoms with Gasteiger partial charge < -0.3 is 15.0 Å². The number of ether oxygens (including phenoxy) is 1. The van der Waals surface area contributed by atoms with Gasteiger partial charge in [0.2, 0.25) is 0 Å². The molecule has 0 aliphatic carbocycles. The van der Waals surface area contributed by atoms with Crippen LogP contribution < -0.4 is 5.32 Å². The normalized spacial score (nSPS) is 15.1. The van der Waals surface area contributed by atoms with E-state index in [2.05, 4.69) is 44.2 Å². The Bertz CT molecular complexity index is 1250. The number of carbonyl (C=O) groups is 2. The summed E-state index contributed by atoms with van der Waals surface area (Å²) in [6.45, 7) is 15.0. The van der Waals surface area contributed by atoms with Gasteiger partial charge in [0.1, 0.15) is 5.60 Å². The minimum Gasteiger partial charge on any atom is -0.444 e. The van der Waals surface area contributed by atoms with Gasteiger partial charge in [0.25, 0.3) is 5.91 Å². The van der Waals surface area contributed by atoms with E-state index in [0.29, 0.717) is 31.5 Å². The highest BCUT2D eigenvalue weighted by Gasteiger charge is 2.28. The molecular weight excluding hydrogens is 462 g/mol. The van der Waals surface area contributed by atoms with Crippen LogP contribution >= 0.6 is 11.3 Å². The van der Waals surface area contributed by atoms with Crippen LogP contribution in [-0.4, -0.2) is 56.4 Å². The number of hydrogen-bond acceptors (Lipinski definition) is 6. The molecule has 1 fully saturated rings. The van der Waals surface area contributed by atoms with Crippen molar-refractivity contribution in [2.45, 2.75) is 79.0 Å². The van der Waals surface area contributed by atoms with Gasteiger partial charge in [-0.3, -0.25) is 4.79 Å². The number of likely N-dealkylation sites (tertiary alicyclic amines) is 1. The molecule has 0 aromatic carbocycles. The van der Waals surface area contributed by atoms with Gasteiger partial charge in [0.05, 0.1) is 22.8 Å². The van der Waals surface area contributed by atoms with Crippen LogP contribution in [0.5, 0.6) is 0 Å². The maximum Gasteiger partial charge on any atom is 0.407 e. The zero-order valence-electron chi connectivity index (χ0n) is 21.6. The molecule has 0 saturated carbocycles. The van der Waals surface area contributed by atoms with Gasteiger partial charge in [-0.2, -0.15) is 5.10 Å². The van der Waals surface area contributed by atoms with Crippen molar-refractivity contribution < 1.29 is 14.3 Å². The first-order chi connectivity index (χ1) is 16.4. The molecule has 188 valence electrons. The van der Waals surface area contributed by atoms with Gasteiger partial charge in [-0.15, -0.1) is 11.3 Å². The lowest BCUT2D eigenvalue weighted by atomic mass is 10.0. The monoisotopic (exact) mass is 497 g/mol. The van der Waals surface area contributed by atoms with E-state index in [9.17, 15) is 9.59 Å². The van der Waals surface area contributed by atoms with Crippen molar-refractivity contribution in [1.29, 1.82) is 0 Å². The number of piperidine rings is 1. The molecule has 3 aromatic heterocycles. The average molecular weight is 498 g/mol. The van der Waals surface area contributed by atoms with E-state index >= 15 is 0 Å². The Labute approximate surface area is 210 Å². The summed E-state index contributed by atoms with van der Waals surface area (Å²) in [7, 11) is 0. The predicted octanol–water partition coefficient (Wildman–Crippen LogP) is 5.49. The maximum absolute atomic E-state index is 13.7. The van der Waals surface area contributed by atoms with Crippen LogP contribution in [0.1, 0.15) is 73.6 Å². The standard InChI is InChI=1S/C26H35N5O3S/c1-15(2)31-23-21(14-27-31)20(13-22(29-23)19-12-16(3)35-17(19)4)24(32)30-10-8-18(9-11-30)28-25(33)34-26(5,6)7/h12-15,18H,8-11H2,1-7H3,(H,28,33). The Morgan fingerprint density at radius 2 is 1.86 bits per heavy atom. The highest BCUT2D eigenvalue weighted by Crippen LogP contribution is 2.33. The second kappa shape index (κ2) is 9.60. The molecule has 8 nitrogen and oxygen atoms in total. The molecule has 0 spiro atoms. The van der Waals surface area contributed by atoms with Crippen molar-refractivity contribution >= 4 is 34.4 Å². The Hall–Kier alpha value is -2.94. The summed E-state index contributed by atoms with van der Waals surface area (Å²) in [6, 6.07) is 4.16. The molecule has 3 aromatic rings. The Morgan fingerprint density at radius 1 is 1.17 bits per heavy atom. The summed E-state index contributed by atoms with van der Waals surface area (Å²) in [6.07, 6.45) is 2.70. The second-order valence-electron chi connectivity index (χ2n) is 10.5. The van der Waals surface area contributed by atoms with Gasteiger partial charge in [-0.05, 0) is 73.4 Å². The summed E-state index contributed by atoms with van der Waals surface area (Å²) >= 11 is 1.73. The summed E-state index contributed by atoms with van der Waals surface area (Å²) in [5.41, 5.74) is 2.67. The number of rotatable bonds is 4. The van der Waals surface area contributed by atoms with Gasteiger partial charge in [-0.25, -0.2) is 14.5 Å². The number of nitrogens with zero attached hydrogens (tertiary/aromatic N) is 4. The number of carbonyl (C=O) groups excluding carboxylic acids is 2. The third kappa shape index (κ3) is 5.50. The third-order valence-electron chi connectivity index (χ3n) is 6.11. The van der Waals surface area contributed by atoms with Crippen molar-refractivity contribution in [2.75, 3.05) is 13.1 Å². The summed E-state index contributed by atoms with van der Waals surface area (Å²) < 4.78 is 7.25. The van der Waals surface area contributed by atoms with Crippen LogP contribution in [0.2, 0.25) is 0 Å². The first-order valence-electron chi connectivity index (χ1n) is 12.2. The van der Waals surface area contributed by atoms with Crippen molar-refractivity contribution in [3.63, 3.8) is 0 Å². The maximum atomic E-state index is 13.7. The molecule has 9 heteroatoms. The third-order valence-corrected chi connectivity index (χ3v) is 7.07. The van der Waals surface area contributed by atoms with Crippen molar-refractivity contribution in [2.24, 2.45) is 0 Å². The van der Waals surface area contributed by atoms with Gasteiger partial charge in [0, 0.05) is 40.5 Å². The van der Waals surface area contributed by atoms with Crippen LogP contribution in [0.25, 0.3) is 22.3 Å². The summed E-state index contributed by atoms with van der Waals surface area (Å²) in [4.78, 5) is 35.1. The van der Waals surface area contributed by atoms with E-state index in [1.807, 2.05) is 36.4 Å². The molecule has 1 saturated heterocycles. The minimum absolute atomic E-state index is 0.0120. The molecule has 1 N–H and O–H groups in total. The molecular formula is C26H35N5O3S.